The number of benzene rings is 1. The van der Waals surface area contributed by atoms with Crippen LogP contribution in [0.15, 0.2) is 36.5 Å². The van der Waals surface area contributed by atoms with Crippen molar-refractivity contribution in [1.29, 1.82) is 0 Å². The number of carbonyl (C=O) groups is 2. The molecule has 0 aliphatic carbocycles. The number of esters is 1. The van der Waals surface area contributed by atoms with Crippen molar-refractivity contribution in [3.63, 3.8) is 0 Å². The van der Waals surface area contributed by atoms with Crippen LogP contribution < -0.4 is 10.2 Å². The molecule has 1 aromatic heterocycles. The van der Waals surface area contributed by atoms with Gasteiger partial charge in [-0.15, -0.1) is 0 Å². The fourth-order valence-corrected chi connectivity index (χ4v) is 3.00. The lowest BCUT2D eigenvalue weighted by Crippen LogP contribution is -2.36. The minimum Gasteiger partial charge on any atom is -0.449 e. The average molecular weight is 383 g/mol. The van der Waals surface area contributed by atoms with Gasteiger partial charge in [0.1, 0.15) is 5.82 Å². The Morgan fingerprint density at radius 3 is 2.43 bits per heavy atom. The van der Waals surface area contributed by atoms with E-state index in [4.69, 9.17) is 9.47 Å². The van der Waals surface area contributed by atoms with E-state index >= 15 is 0 Å². The van der Waals surface area contributed by atoms with Crippen LogP contribution in [0.5, 0.6) is 0 Å². The molecule has 7 heteroatoms. The maximum absolute atomic E-state index is 12.4. The van der Waals surface area contributed by atoms with Gasteiger partial charge in [-0.25, -0.2) is 9.78 Å². The highest BCUT2D eigenvalue weighted by atomic mass is 16.5. The second kappa shape index (κ2) is 8.84. The third-order valence-electron chi connectivity index (χ3n) is 4.70. The summed E-state index contributed by atoms with van der Waals surface area (Å²) >= 11 is 0. The smallest absolute Gasteiger partial charge is 0.340 e. The van der Waals surface area contributed by atoms with E-state index in [2.05, 4.69) is 15.2 Å². The minimum atomic E-state index is -0.926. The molecule has 1 saturated heterocycles. The number of hydrogen-bond donors (Lipinski definition) is 1. The molecule has 1 amide bonds. The van der Waals surface area contributed by atoms with E-state index in [1.165, 1.54) is 6.20 Å². The van der Waals surface area contributed by atoms with Gasteiger partial charge in [0.25, 0.3) is 5.91 Å². The van der Waals surface area contributed by atoms with E-state index in [-0.39, 0.29) is 5.91 Å². The van der Waals surface area contributed by atoms with Crippen molar-refractivity contribution < 1.29 is 19.1 Å². The maximum atomic E-state index is 12.4. The molecule has 2 heterocycles. The molecule has 1 fully saturated rings. The first-order valence-corrected chi connectivity index (χ1v) is 9.32. The summed E-state index contributed by atoms with van der Waals surface area (Å²) < 4.78 is 10.6. The Bertz CT molecular complexity index is 825. The number of aryl methyl sites for hydroxylation is 2. The quantitative estimate of drug-likeness (QED) is 0.800. The number of amides is 1. The predicted molar refractivity (Wildman–Crippen MR) is 107 cm³/mol. The summed E-state index contributed by atoms with van der Waals surface area (Å²) in [5.41, 5.74) is 2.96. The summed E-state index contributed by atoms with van der Waals surface area (Å²) in [5.74, 6) is -0.158. The minimum absolute atomic E-state index is 0.309. The van der Waals surface area contributed by atoms with Crippen LogP contribution in [0.3, 0.4) is 0 Å². The molecule has 2 aromatic rings. The molecular weight excluding hydrogens is 358 g/mol. The van der Waals surface area contributed by atoms with Gasteiger partial charge in [0, 0.05) is 25.0 Å². The summed E-state index contributed by atoms with van der Waals surface area (Å²) in [5, 5.41) is 2.84. The second-order valence-electron chi connectivity index (χ2n) is 6.81. The zero-order valence-corrected chi connectivity index (χ0v) is 16.4. The standard InChI is InChI=1S/C21H25N3O4/c1-14-5-4-6-15(2)19(14)23-20(25)16(3)28-21(26)17-7-8-18(22-13-17)24-9-11-27-12-10-24/h4-8,13,16H,9-12H2,1-3H3,(H,23,25)/t16-/m0/s1. The first-order valence-electron chi connectivity index (χ1n) is 9.32. The highest BCUT2D eigenvalue weighted by molar-refractivity contribution is 5.98. The number of anilines is 2. The van der Waals surface area contributed by atoms with E-state index in [0.717, 1.165) is 35.7 Å². The van der Waals surface area contributed by atoms with Gasteiger partial charge in [0.2, 0.25) is 0 Å². The summed E-state index contributed by atoms with van der Waals surface area (Å²) in [7, 11) is 0. The number of morpholine rings is 1. The molecule has 3 rings (SSSR count). The van der Waals surface area contributed by atoms with E-state index in [0.29, 0.717) is 18.8 Å². The number of nitrogens with one attached hydrogen (secondary N) is 1. The Kier molecular flexibility index (Phi) is 6.26. The average Bonchev–Trinajstić information content (AvgIpc) is 2.71. The van der Waals surface area contributed by atoms with Crippen LogP contribution in [0.25, 0.3) is 0 Å². The molecule has 148 valence electrons. The zero-order chi connectivity index (χ0) is 20.1. The van der Waals surface area contributed by atoms with Crippen LogP contribution in [0.4, 0.5) is 11.5 Å². The molecule has 0 bridgehead atoms. The molecule has 1 atom stereocenters. The van der Waals surface area contributed by atoms with Gasteiger partial charge >= 0.3 is 5.97 Å². The topological polar surface area (TPSA) is 80.8 Å². The van der Waals surface area contributed by atoms with Crippen molar-refractivity contribution >= 4 is 23.4 Å². The number of pyridine rings is 1. The zero-order valence-electron chi connectivity index (χ0n) is 16.4. The lowest BCUT2D eigenvalue weighted by molar-refractivity contribution is -0.123. The Morgan fingerprint density at radius 2 is 1.82 bits per heavy atom. The van der Waals surface area contributed by atoms with Gasteiger partial charge in [-0.1, -0.05) is 18.2 Å². The van der Waals surface area contributed by atoms with Crippen LogP contribution in [-0.2, 0) is 14.3 Å². The first kappa shape index (κ1) is 19.8. The number of nitrogens with zero attached hydrogens (tertiary/aromatic N) is 2. The van der Waals surface area contributed by atoms with E-state index in [1.807, 2.05) is 32.0 Å². The van der Waals surface area contributed by atoms with Crippen molar-refractivity contribution in [1.82, 2.24) is 4.98 Å². The predicted octanol–water partition coefficient (Wildman–Crippen LogP) is 2.72. The molecule has 1 aromatic carbocycles. The molecule has 1 aliphatic heterocycles. The molecule has 1 N–H and O–H groups in total. The highest BCUT2D eigenvalue weighted by Gasteiger charge is 2.21. The number of aromatic nitrogens is 1. The van der Waals surface area contributed by atoms with Gasteiger partial charge in [-0.05, 0) is 44.0 Å². The van der Waals surface area contributed by atoms with Gasteiger partial charge in [0.15, 0.2) is 6.10 Å². The second-order valence-corrected chi connectivity index (χ2v) is 6.81. The molecule has 0 unspecified atom stereocenters. The molecule has 7 nitrogen and oxygen atoms in total. The lowest BCUT2D eigenvalue weighted by Gasteiger charge is -2.27. The first-order chi connectivity index (χ1) is 13.5. The molecule has 28 heavy (non-hydrogen) atoms. The Balaban J connectivity index is 1.59. The van der Waals surface area contributed by atoms with Crippen molar-refractivity contribution in [2.24, 2.45) is 0 Å². The fraction of sp³-hybridized carbons (Fsp3) is 0.381. The Morgan fingerprint density at radius 1 is 1.14 bits per heavy atom. The molecule has 1 aliphatic rings. The van der Waals surface area contributed by atoms with Crippen LogP contribution >= 0.6 is 0 Å². The van der Waals surface area contributed by atoms with Crippen molar-refractivity contribution in [2.75, 3.05) is 36.5 Å². The summed E-state index contributed by atoms with van der Waals surface area (Å²) in [4.78, 5) is 31.2. The van der Waals surface area contributed by atoms with Crippen molar-refractivity contribution in [3.8, 4) is 0 Å². The summed E-state index contributed by atoms with van der Waals surface area (Å²) in [6.45, 7) is 8.26. The fourth-order valence-electron chi connectivity index (χ4n) is 3.00. The Hall–Kier alpha value is -2.93. The molecular formula is C21H25N3O4. The van der Waals surface area contributed by atoms with Crippen LogP contribution in [0, 0.1) is 13.8 Å². The summed E-state index contributed by atoms with van der Waals surface area (Å²) in [6, 6.07) is 9.21. The number of ether oxygens (including phenoxy) is 2. The van der Waals surface area contributed by atoms with Gasteiger partial charge in [-0.3, -0.25) is 4.79 Å². The molecule has 0 radical (unpaired) electrons. The van der Waals surface area contributed by atoms with Gasteiger partial charge < -0.3 is 19.7 Å². The van der Waals surface area contributed by atoms with E-state index in [9.17, 15) is 9.59 Å². The number of rotatable bonds is 5. The van der Waals surface area contributed by atoms with E-state index < -0.39 is 12.1 Å². The van der Waals surface area contributed by atoms with Crippen LogP contribution in [0.2, 0.25) is 0 Å². The Labute approximate surface area is 164 Å². The number of hydrogen-bond acceptors (Lipinski definition) is 6. The van der Waals surface area contributed by atoms with Gasteiger partial charge in [0.05, 0.1) is 18.8 Å². The maximum Gasteiger partial charge on any atom is 0.340 e. The van der Waals surface area contributed by atoms with E-state index in [1.54, 1.807) is 19.1 Å². The van der Waals surface area contributed by atoms with Gasteiger partial charge in [-0.2, -0.15) is 0 Å². The highest BCUT2D eigenvalue weighted by Crippen LogP contribution is 2.20. The van der Waals surface area contributed by atoms with Crippen LogP contribution in [-0.4, -0.2) is 49.3 Å². The molecule has 0 saturated carbocycles. The lowest BCUT2D eigenvalue weighted by atomic mass is 10.1. The third kappa shape index (κ3) is 4.67. The van der Waals surface area contributed by atoms with Crippen LogP contribution in [0.1, 0.15) is 28.4 Å². The van der Waals surface area contributed by atoms with Crippen molar-refractivity contribution in [3.05, 3.63) is 53.2 Å². The van der Waals surface area contributed by atoms with Crippen molar-refractivity contribution in [2.45, 2.75) is 26.9 Å². The third-order valence-corrected chi connectivity index (χ3v) is 4.70. The largest absolute Gasteiger partial charge is 0.449 e. The monoisotopic (exact) mass is 383 g/mol. The SMILES string of the molecule is Cc1cccc(C)c1NC(=O)[C@H](C)OC(=O)c1ccc(N2CCOCC2)nc1. The normalized spacial score (nSPS) is 15.0. The summed E-state index contributed by atoms with van der Waals surface area (Å²) in [6.07, 6.45) is 0.550. The number of carbonyl (C=O) groups excluding carboxylic acids is 2. The number of para-hydroxylation sites is 1. The molecule has 0 spiro atoms.